The highest BCUT2D eigenvalue weighted by Gasteiger charge is 2.20. The minimum Gasteiger partial charge on any atom is -0.350 e. The van der Waals surface area contributed by atoms with E-state index in [0.717, 1.165) is 0 Å². The van der Waals surface area contributed by atoms with Crippen LogP contribution in [0.1, 0.15) is 24.2 Å². The van der Waals surface area contributed by atoms with Gasteiger partial charge < -0.3 is 5.32 Å². The lowest BCUT2D eigenvalue weighted by atomic mass is 9.96. The minimum atomic E-state index is -0.673. The summed E-state index contributed by atoms with van der Waals surface area (Å²) in [6, 6.07) is 6.37. The Morgan fingerprint density at radius 2 is 2.24 bits per heavy atom. The number of nitrogens with one attached hydrogen (secondary N) is 1. The van der Waals surface area contributed by atoms with E-state index >= 15 is 0 Å². The Hall–Kier alpha value is -1.41. The van der Waals surface area contributed by atoms with Gasteiger partial charge in [0.2, 0.25) is 0 Å². The number of benzene rings is 1. The highest BCUT2D eigenvalue weighted by atomic mass is 79.9. The van der Waals surface area contributed by atoms with Crippen LogP contribution in [0.5, 0.6) is 0 Å². The first kappa shape index (κ1) is 13.7. The van der Waals surface area contributed by atoms with Crippen molar-refractivity contribution in [1.82, 2.24) is 5.32 Å². The Balaban J connectivity index is 2.82. The van der Waals surface area contributed by atoms with Crippen LogP contribution < -0.4 is 5.32 Å². The van der Waals surface area contributed by atoms with E-state index in [-0.39, 0.29) is 12.1 Å². The Kier molecular flexibility index (Phi) is 4.24. The Labute approximate surface area is 108 Å². The third-order valence-electron chi connectivity index (χ3n) is 2.18. The number of nitriles is 1. The van der Waals surface area contributed by atoms with Gasteiger partial charge in [-0.05, 0) is 41.9 Å². The van der Waals surface area contributed by atoms with Crippen molar-refractivity contribution in [3.05, 3.63) is 34.1 Å². The molecule has 0 heterocycles. The van der Waals surface area contributed by atoms with Gasteiger partial charge in [-0.2, -0.15) is 5.26 Å². The van der Waals surface area contributed by atoms with E-state index in [4.69, 9.17) is 5.26 Å². The first-order valence-electron chi connectivity index (χ1n) is 5.01. The van der Waals surface area contributed by atoms with E-state index < -0.39 is 17.1 Å². The summed E-state index contributed by atoms with van der Waals surface area (Å²) in [4.78, 5) is 11.8. The number of carbonyl (C=O) groups is 1. The van der Waals surface area contributed by atoms with Crippen LogP contribution in [-0.2, 0) is 0 Å². The zero-order chi connectivity index (χ0) is 13.1. The molecule has 0 bridgehead atoms. The maximum Gasteiger partial charge on any atom is 0.255 e. The van der Waals surface area contributed by atoms with Gasteiger partial charge >= 0.3 is 0 Å². The smallest absolute Gasteiger partial charge is 0.255 e. The molecule has 0 aliphatic rings. The van der Waals surface area contributed by atoms with Gasteiger partial charge in [-0.3, -0.25) is 4.79 Å². The molecule has 90 valence electrons. The van der Waals surface area contributed by atoms with E-state index in [0.29, 0.717) is 4.47 Å². The van der Waals surface area contributed by atoms with E-state index in [2.05, 4.69) is 27.3 Å². The van der Waals surface area contributed by atoms with Gasteiger partial charge in [0.1, 0.15) is 5.82 Å². The zero-order valence-electron chi connectivity index (χ0n) is 9.55. The molecule has 0 radical (unpaired) electrons. The monoisotopic (exact) mass is 298 g/mol. The van der Waals surface area contributed by atoms with Crippen LogP contribution in [-0.4, -0.2) is 12.5 Å². The van der Waals surface area contributed by atoms with Crippen LogP contribution in [0.3, 0.4) is 0 Å². The largest absolute Gasteiger partial charge is 0.350 e. The Bertz CT molecular complexity index is 460. The van der Waals surface area contributed by atoms with E-state index in [1.54, 1.807) is 19.9 Å². The van der Waals surface area contributed by atoms with E-state index in [1.165, 1.54) is 12.1 Å². The third kappa shape index (κ3) is 3.53. The van der Waals surface area contributed by atoms with E-state index in [9.17, 15) is 9.18 Å². The number of rotatable bonds is 3. The van der Waals surface area contributed by atoms with Gasteiger partial charge in [-0.1, -0.05) is 6.07 Å². The summed E-state index contributed by atoms with van der Waals surface area (Å²) in [5.41, 5.74) is -0.714. The number of hydrogen-bond acceptors (Lipinski definition) is 2. The van der Waals surface area contributed by atoms with Crippen molar-refractivity contribution in [3.63, 3.8) is 0 Å². The standard InChI is InChI=1S/C12H12BrFN2O/c1-12(2,6-15)7-16-11(17)10-8(13)4-3-5-9(10)14/h3-5H,7H2,1-2H3,(H,16,17). The fourth-order valence-corrected chi connectivity index (χ4v) is 1.67. The van der Waals surface area contributed by atoms with Gasteiger partial charge in [-0.15, -0.1) is 0 Å². The molecule has 0 saturated carbocycles. The second-order valence-electron chi connectivity index (χ2n) is 4.28. The highest BCUT2D eigenvalue weighted by molar-refractivity contribution is 9.10. The Morgan fingerprint density at radius 3 is 2.76 bits per heavy atom. The molecule has 0 fully saturated rings. The summed E-state index contributed by atoms with van der Waals surface area (Å²) in [6.45, 7) is 3.57. The van der Waals surface area contributed by atoms with Crippen molar-refractivity contribution in [2.24, 2.45) is 5.41 Å². The molecule has 1 rings (SSSR count). The summed E-state index contributed by atoms with van der Waals surface area (Å²) in [7, 11) is 0. The van der Waals surface area contributed by atoms with Gasteiger partial charge in [0.25, 0.3) is 5.91 Å². The fraction of sp³-hybridized carbons (Fsp3) is 0.333. The summed E-state index contributed by atoms with van der Waals surface area (Å²) in [6.07, 6.45) is 0. The molecule has 0 atom stereocenters. The second-order valence-corrected chi connectivity index (χ2v) is 5.13. The lowest BCUT2D eigenvalue weighted by Gasteiger charge is -2.16. The molecule has 0 aliphatic heterocycles. The topological polar surface area (TPSA) is 52.9 Å². The van der Waals surface area contributed by atoms with Crippen LogP contribution in [0.4, 0.5) is 4.39 Å². The molecular weight excluding hydrogens is 287 g/mol. The molecule has 0 spiro atoms. The molecule has 5 heteroatoms. The summed E-state index contributed by atoms with van der Waals surface area (Å²) in [5, 5.41) is 11.3. The number of halogens is 2. The van der Waals surface area contributed by atoms with Crippen molar-refractivity contribution < 1.29 is 9.18 Å². The van der Waals surface area contributed by atoms with Crippen molar-refractivity contribution in [1.29, 1.82) is 5.26 Å². The average Bonchev–Trinajstić information content (AvgIpc) is 2.26. The number of carbonyl (C=O) groups excluding carboxylic acids is 1. The molecule has 1 aromatic carbocycles. The summed E-state index contributed by atoms with van der Waals surface area (Å²) < 4.78 is 13.8. The summed E-state index contributed by atoms with van der Waals surface area (Å²) >= 11 is 3.12. The molecule has 1 aromatic rings. The first-order valence-corrected chi connectivity index (χ1v) is 5.80. The molecule has 0 saturated heterocycles. The number of amides is 1. The molecule has 0 aromatic heterocycles. The molecule has 1 amide bonds. The maximum atomic E-state index is 13.4. The second kappa shape index (κ2) is 5.28. The van der Waals surface area contributed by atoms with Gasteiger partial charge in [-0.25, -0.2) is 4.39 Å². The molecule has 1 N–H and O–H groups in total. The molecule has 17 heavy (non-hydrogen) atoms. The van der Waals surface area contributed by atoms with Crippen LogP contribution in [0, 0.1) is 22.6 Å². The van der Waals surface area contributed by atoms with E-state index in [1.807, 2.05) is 0 Å². The lowest BCUT2D eigenvalue weighted by molar-refractivity contribution is 0.0939. The highest BCUT2D eigenvalue weighted by Crippen LogP contribution is 2.20. The lowest BCUT2D eigenvalue weighted by Crippen LogP contribution is -2.33. The molecular formula is C12H12BrFN2O. The van der Waals surface area contributed by atoms with Crippen LogP contribution in [0.2, 0.25) is 0 Å². The minimum absolute atomic E-state index is 0.0405. The third-order valence-corrected chi connectivity index (χ3v) is 2.84. The summed E-state index contributed by atoms with van der Waals surface area (Å²) in [5.74, 6) is -1.12. The molecule has 0 unspecified atom stereocenters. The molecule has 0 aliphatic carbocycles. The van der Waals surface area contributed by atoms with Crippen molar-refractivity contribution in [2.45, 2.75) is 13.8 Å². The Morgan fingerprint density at radius 1 is 1.59 bits per heavy atom. The van der Waals surface area contributed by atoms with Gasteiger partial charge in [0.05, 0.1) is 17.0 Å². The SMILES string of the molecule is CC(C)(C#N)CNC(=O)c1c(F)cccc1Br. The fourth-order valence-electron chi connectivity index (χ4n) is 1.14. The predicted molar refractivity (Wildman–Crippen MR) is 65.8 cm³/mol. The van der Waals surface area contributed by atoms with Crippen LogP contribution >= 0.6 is 15.9 Å². The van der Waals surface area contributed by atoms with Gasteiger partial charge in [0.15, 0.2) is 0 Å². The van der Waals surface area contributed by atoms with Crippen LogP contribution in [0.25, 0.3) is 0 Å². The van der Waals surface area contributed by atoms with Crippen molar-refractivity contribution >= 4 is 21.8 Å². The molecule has 3 nitrogen and oxygen atoms in total. The predicted octanol–water partition coefficient (Wildman–Crippen LogP) is 2.87. The van der Waals surface area contributed by atoms with Crippen molar-refractivity contribution in [2.75, 3.05) is 6.54 Å². The van der Waals surface area contributed by atoms with Crippen molar-refractivity contribution in [3.8, 4) is 6.07 Å². The van der Waals surface area contributed by atoms with Gasteiger partial charge in [0, 0.05) is 11.0 Å². The zero-order valence-corrected chi connectivity index (χ0v) is 11.1. The van der Waals surface area contributed by atoms with Crippen LogP contribution in [0.15, 0.2) is 22.7 Å². The maximum absolute atomic E-state index is 13.4. The average molecular weight is 299 g/mol. The first-order chi connectivity index (χ1) is 7.87. The number of hydrogen-bond donors (Lipinski definition) is 1. The normalized spacial score (nSPS) is 10.8. The number of nitrogens with zero attached hydrogens (tertiary/aromatic N) is 1. The quantitative estimate of drug-likeness (QED) is 0.933.